The highest BCUT2D eigenvalue weighted by molar-refractivity contribution is 5.87. The van der Waals surface area contributed by atoms with Crippen LogP contribution in [0.15, 0.2) is 66.7 Å². The highest BCUT2D eigenvalue weighted by atomic mass is 16.7. The molecular formula is C35H35NO13. The molecule has 0 radical (unpaired) electrons. The zero-order valence-electron chi connectivity index (χ0n) is 27.1. The molecule has 14 heteroatoms. The first-order chi connectivity index (χ1) is 23.5. The van der Waals surface area contributed by atoms with Crippen molar-refractivity contribution >= 4 is 35.7 Å². The molecule has 1 fully saturated rings. The highest BCUT2D eigenvalue weighted by Crippen LogP contribution is 2.44. The quantitative estimate of drug-likeness (QED) is 0.235. The maximum Gasteiger partial charge on any atom is 0.411 e. The van der Waals surface area contributed by atoms with Crippen molar-refractivity contribution in [3.63, 3.8) is 0 Å². The van der Waals surface area contributed by atoms with Crippen molar-refractivity contribution in [2.24, 2.45) is 0 Å². The lowest BCUT2D eigenvalue weighted by Crippen LogP contribution is -2.64. The molecule has 2 N–H and O–H groups in total. The van der Waals surface area contributed by atoms with Crippen molar-refractivity contribution in [2.45, 2.75) is 64.0 Å². The first-order valence-corrected chi connectivity index (χ1v) is 15.3. The van der Waals surface area contributed by atoms with E-state index in [1.165, 1.54) is 18.2 Å². The SMILES string of the molecule is COC(=O)[C@H]1O[C@@H](Oc2ccc(CO)cc2NC(=O)OCC2c3ccccc3-c3ccccc32)[C@H](OC(C)=O)[C@@H](OC(C)=O)[C@@H]1OC(C)=O. The molecule has 1 amide bonds. The number of benzene rings is 3. The van der Waals surface area contributed by atoms with Gasteiger partial charge in [-0.3, -0.25) is 19.7 Å². The van der Waals surface area contributed by atoms with Crippen LogP contribution in [0.4, 0.5) is 10.5 Å². The van der Waals surface area contributed by atoms with Crippen molar-refractivity contribution in [2.75, 3.05) is 19.0 Å². The summed E-state index contributed by atoms with van der Waals surface area (Å²) in [7, 11) is 1.06. The molecule has 1 saturated heterocycles. The number of amides is 1. The summed E-state index contributed by atoms with van der Waals surface area (Å²) in [5.74, 6) is -3.83. The third-order valence-electron chi connectivity index (χ3n) is 7.88. The van der Waals surface area contributed by atoms with Gasteiger partial charge in [-0.05, 0) is 39.9 Å². The second-order valence-electron chi connectivity index (χ2n) is 11.2. The summed E-state index contributed by atoms with van der Waals surface area (Å²) in [6.07, 6.45) is -8.95. The number of carbonyl (C=O) groups excluding carboxylic acids is 5. The van der Waals surface area contributed by atoms with Crippen LogP contribution in [-0.2, 0) is 54.2 Å². The monoisotopic (exact) mass is 677 g/mol. The van der Waals surface area contributed by atoms with Gasteiger partial charge in [0.15, 0.2) is 18.3 Å². The van der Waals surface area contributed by atoms with E-state index in [-0.39, 0.29) is 24.0 Å². The summed E-state index contributed by atoms with van der Waals surface area (Å²) >= 11 is 0. The predicted molar refractivity (Wildman–Crippen MR) is 169 cm³/mol. The van der Waals surface area contributed by atoms with E-state index < -0.39 is 67.3 Å². The minimum absolute atomic E-state index is 0.0123. The number of fused-ring (bicyclic) bond motifs is 3. The van der Waals surface area contributed by atoms with Crippen molar-refractivity contribution in [1.82, 2.24) is 0 Å². The minimum Gasteiger partial charge on any atom is -0.467 e. The smallest absolute Gasteiger partial charge is 0.411 e. The van der Waals surface area contributed by atoms with Gasteiger partial charge in [0.1, 0.15) is 12.4 Å². The van der Waals surface area contributed by atoms with Gasteiger partial charge in [0.25, 0.3) is 0 Å². The Morgan fingerprint density at radius 2 is 1.35 bits per heavy atom. The van der Waals surface area contributed by atoms with E-state index in [2.05, 4.69) is 5.32 Å². The molecule has 3 aromatic rings. The average molecular weight is 678 g/mol. The van der Waals surface area contributed by atoms with E-state index in [0.717, 1.165) is 50.1 Å². The lowest BCUT2D eigenvalue weighted by Gasteiger charge is -2.43. The summed E-state index contributed by atoms with van der Waals surface area (Å²) in [6, 6.07) is 20.0. The minimum atomic E-state index is -1.69. The van der Waals surface area contributed by atoms with Crippen molar-refractivity contribution < 1.29 is 62.2 Å². The number of carbonyl (C=O) groups is 5. The first-order valence-electron chi connectivity index (χ1n) is 15.3. The Hall–Kier alpha value is -5.47. The van der Waals surface area contributed by atoms with Crippen LogP contribution < -0.4 is 10.1 Å². The second kappa shape index (κ2) is 15.2. The summed E-state index contributed by atoms with van der Waals surface area (Å²) in [5, 5.41) is 12.4. The van der Waals surface area contributed by atoms with Crippen molar-refractivity contribution in [1.29, 1.82) is 0 Å². The average Bonchev–Trinajstić information content (AvgIpc) is 3.39. The zero-order chi connectivity index (χ0) is 35.2. The molecule has 0 bridgehead atoms. The topological polar surface area (TPSA) is 182 Å². The predicted octanol–water partition coefficient (Wildman–Crippen LogP) is 3.61. The van der Waals surface area contributed by atoms with Crippen molar-refractivity contribution in [3.05, 3.63) is 83.4 Å². The molecule has 14 nitrogen and oxygen atoms in total. The Balaban J connectivity index is 1.41. The number of methoxy groups -OCH3 is 1. The normalized spacial score (nSPS) is 21.0. The lowest BCUT2D eigenvalue weighted by molar-refractivity contribution is -0.282. The third-order valence-corrected chi connectivity index (χ3v) is 7.88. The van der Waals surface area contributed by atoms with Gasteiger partial charge in [-0.1, -0.05) is 54.6 Å². The van der Waals surface area contributed by atoms with Crippen LogP contribution in [0, 0.1) is 0 Å². The van der Waals surface area contributed by atoms with Crippen molar-refractivity contribution in [3.8, 4) is 16.9 Å². The summed E-state index contributed by atoms with van der Waals surface area (Å²) < 4.78 is 38.5. The summed E-state index contributed by atoms with van der Waals surface area (Å²) in [4.78, 5) is 62.4. The Labute approximate surface area is 281 Å². The number of rotatable bonds is 10. The Bertz CT molecular complexity index is 1690. The molecule has 1 aliphatic heterocycles. The molecule has 1 heterocycles. The van der Waals surface area contributed by atoms with Crippen LogP contribution in [0.3, 0.4) is 0 Å². The standard InChI is InChI=1S/C35H35NO13/c1-18(38)45-29-30(46-19(2)39)32(47-20(3)40)34(49-31(29)33(41)43-4)48-28-14-13-21(16-37)15-27(28)36-35(42)44-17-26-24-11-7-5-9-22(24)23-10-6-8-12-25(23)26/h5-15,26,29-32,34,37H,16-17H2,1-4H3,(H,36,42)/t29-,30-,31-,32+,34+/m0/s1. The van der Waals surface area contributed by atoms with Crippen LogP contribution >= 0.6 is 0 Å². The number of hydrogen-bond acceptors (Lipinski definition) is 13. The van der Waals surface area contributed by atoms with Gasteiger partial charge >= 0.3 is 30.0 Å². The van der Waals surface area contributed by atoms with E-state index in [9.17, 15) is 29.1 Å². The molecule has 3 aromatic carbocycles. The van der Waals surface area contributed by atoms with Gasteiger partial charge in [-0.2, -0.15) is 0 Å². The summed E-state index contributed by atoms with van der Waals surface area (Å²) in [6.45, 7) is 2.83. The number of esters is 4. The van der Waals surface area contributed by atoms with Crippen LogP contribution in [0.5, 0.6) is 5.75 Å². The number of nitrogens with one attached hydrogen (secondary N) is 1. The maximum atomic E-state index is 13.2. The molecule has 0 saturated carbocycles. The molecule has 5 atom stereocenters. The van der Waals surface area contributed by atoms with Crippen LogP contribution in [0.2, 0.25) is 0 Å². The highest BCUT2D eigenvalue weighted by Gasteiger charge is 2.56. The van der Waals surface area contributed by atoms with E-state index in [1.54, 1.807) is 0 Å². The molecular weight excluding hydrogens is 642 g/mol. The molecule has 49 heavy (non-hydrogen) atoms. The van der Waals surface area contributed by atoms with E-state index in [4.69, 9.17) is 33.2 Å². The van der Waals surface area contributed by atoms with Crippen LogP contribution in [-0.4, -0.2) is 79.5 Å². The molecule has 2 aliphatic rings. The van der Waals surface area contributed by atoms with Gasteiger partial charge in [-0.25, -0.2) is 9.59 Å². The zero-order valence-corrected chi connectivity index (χ0v) is 27.1. The number of ether oxygens (including phenoxy) is 7. The van der Waals surface area contributed by atoms with Gasteiger partial charge in [0.2, 0.25) is 12.4 Å². The van der Waals surface area contributed by atoms with Gasteiger partial charge in [0, 0.05) is 26.7 Å². The number of aliphatic hydroxyl groups excluding tert-OH is 1. The fourth-order valence-corrected chi connectivity index (χ4v) is 5.92. The van der Waals surface area contributed by atoms with Gasteiger partial charge in [-0.15, -0.1) is 0 Å². The molecule has 0 spiro atoms. The number of aliphatic hydroxyl groups is 1. The number of anilines is 1. The first kappa shape index (κ1) is 34.9. The Kier molecular flexibility index (Phi) is 10.8. The van der Waals surface area contributed by atoms with E-state index in [0.29, 0.717) is 5.56 Å². The lowest BCUT2D eigenvalue weighted by atomic mass is 9.97. The number of hydrogen-bond donors (Lipinski definition) is 2. The fourth-order valence-electron chi connectivity index (χ4n) is 5.92. The molecule has 258 valence electrons. The van der Waals surface area contributed by atoms with Crippen LogP contribution in [0.25, 0.3) is 11.1 Å². The van der Waals surface area contributed by atoms with Crippen LogP contribution in [0.1, 0.15) is 43.4 Å². The molecule has 5 rings (SSSR count). The maximum absolute atomic E-state index is 13.2. The molecule has 1 aliphatic carbocycles. The largest absolute Gasteiger partial charge is 0.467 e. The third kappa shape index (κ3) is 7.82. The van der Waals surface area contributed by atoms with Gasteiger partial charge < -0.3 is 38.3 Å². The van der Waals surface area contributed by atoms with E-state index >= 15 is 0 Å². The second-order valence-corrected chi connectivity index (χ2v) is 11.2. The Morgan fingerprint density at radius 3 is 1.92 bits per heavy atom. The van der Waals surface area contributed by atoms with E-state index in [1.807, 2.05) is 48.5 Å². The molecule has 0 unspecified atom stereocenters. The fraction of sp³-hybridized carbons (Fsp3) is 0.343. The summed E-state index contributed by atoms with van der Waals surface area (Å²) in [5.41, 5.74) is 4.56. The van der Waals surface area contributed by atoms with Gasteiger partial charge in [0.05, 0.1) is 19.4 Å². The molecule has 0 aromatic heterocycles. The Morgan fingerprint density at radius 1 is 0.776 bits per heavy atom.